The molecule has 1 aromatic heterocycles. The molecule has 3 rings (SSSR count). The van der Waals surface area contributed by atoms with E-state index in [0.29, 0.717) is 6.54 Å². The lowest BCUT2D eigenvalue weighted by Gasteiger charge is -2.25. The van der Waals surface area contributed by atoms with Gasteiger partial charge in [0.15, 0.2) is 0 Å². The Morgan fingerprint density at radius 3 is 2.66 bits per heavy atom. The third kappa shape index (κ3) is 6.38. The maximum Gasteiger partial charge on any atom is 0.241 e. The van der Waals surface area contributed by atoms with Gasteiger partial charge in [0.05, 0.1) is 0 Å². The molecule has 1 amide bonds. The van der Waals surface area contributed by atoms with Crippen LogP contribution in [0.1, 0.15) is 47.6 Å². The molecule has 0 radical (unpaired) electrons. The van der Waals surface area contributed by atoms with Crippen molar-refractivity contribution in [1.29, 1.82) is 0 Å². The molecule has 2 aromatic rings. The van der Waals surface area contributed by atoms with Gasteiger partial charge in [0, 0.05) is 18.9 Å². The monoisotopic (exact) mass is 394 g/mol. The summed E-state index contributed by atoms with van der Waals surface area (Å²) < 4.78 is 0. The Morgan fingerprint density at radius 1 is 1.14 bits per heavy atom. The summed E-state index contributed by atoms with van der Waals surface area (Å²) >= 11 is 0. The first-order valence-electron chi connectivity index (χ1n) is 10.8. The van der Waals surface area contributed by atoms with E-state index in [1.807, 2.05) is 18.2 Å². The quantitative estimate of drug-likeness (QED) is 0.612. The average molecular weight is 395 g/mol. The summed E-state index contributed by atoms with van der Waals surface area (Å²) in [6.07, 6.45) is 7.97. The van der Waals surface area contributed by atoms with Crippen LogP contribution < -0.4 is 16.0 Å². The van der Waals surface area contributed by atoms with Gasteiger partial charge in [-0.25, -0.2) is 0 Å². The Hall–Kier alpha value is -2.24. The summed E-state index contributed by atoms with van der Waals surface area (Å²) in [6, 6.07) is 9.90. The third-order valence-corrected chi connectivity index (χ3v) is 6.04. The number of carbonyl (C=O) groups excluding carboxylic acids is 1. The zero-order chi connectivity index (χ0) is 20.5. The average Bonchev–Trinajstić information content (AvgIpc) is 2.75. The number of pyridine rings is 1. The molecule has 1 saturated heterocycles. The number of nitrogens with one attached hydrogen (secondary N) is 3. The molecule has 0 aliphatic carbocycles. The van der Waals surface area contributed by atoms with E-state index >= 15 is 0 Å². The van der Waals surface area contributed by atoms with Crippen molar-refractivity contribution >= 4 is 5.91 Å². The van der Waals surface area contributed by atoms with Crippen LogP contribution in [0.2, 0.25) is 0 Å². The van der Waals surface area contributed by atoms with Crippen molar-refractivity contribution in [3.8, 4) is 0 Å². The highest BCUT2D eigenvalue weighted by Crippen LogP contribution is 2.22. The standard InChI is InChI=1S/C24H34N4O/c1-18-4-3-5-22(19(18)2)23(27-16-10-20-6-12-25-13-7-20)24(29)28-17-11-21-8-14-26-15-9-21/h3-5,8-9,14-15,20,23,25,27H,6-7,10-13,16-17H2,1-2H3,(H,28,29). The molecule has 29 heavy (non-hydrogen) atoms. The Morgan fingerprint density at radius 2 is 1.90 bits per heavy atom. The fraction of sp³-hybridized carbons (Fsp3) is 0.500. The van der Waals surface area contributed by atoms with Crippen molar-refractivity contribution < 1.29 is 4.79 Å². The van der Waals surface area contributed by atoms with E-state index in [1.54, 1.807) is 12.4 Å². The van der Waals surface area contributed by atoms with E-state index in [0.717, 1.165) is 44.0 Å². The van der Waals surface area contributed by atoms with Gasteiger partial charge in [0.2, 0.25) is 5.91 Å². The molecule has 1 aliphatic rings. The topological polar surface area (TPSA) is 66.0 Å². The molecular weight excluding hydrogens is 360 g/mol. The minimum atomic E-state index is -0.311. The number of nitrogens with zero attached hydrogens (tertiary/aromatic N) is 1. The highest BCUT2D eigenvalue weighted by Gasteiger charge is 2.23. The van der Waals surface area contributed by atoms with Crippen LogP contribution in [0.15, 0.2) is 42.7 Å². The van der Waals surface area contributed by atoms with Crippen molar-refractivity contribution in [2.45, 2.75) is 45.6 Å². The highest BCUT2D eigenvalue weighted by molar-refractivity contribution is 5.83. The zero-order valence-corrected chi connectivity index (χ0v) is 17.7. The lowest BCUT2D eigenvalue weighted by Crippen LogP contribution is -2.40. The minimum Gasteiger partial charge on any atom is -0.354 e. The largest absolute Gasteiger partial charge is 0.354 e. The summed E-state index contributed by atoms with van der Waals surface area (Å²) in [7, 11) is 0. The van der Waals surface area contributed by atoms with Gasteiger partial charge in [-0.3, -0.25) is 9.78 Å². The molecule has 2 heterocycles. The molecule has 156 valence electrons. The normalized spacial score (nSPS) is 15.8. The van der Waals surface area contributed by atoms with Crippen LogP contribution in [-0.4, -0.2) is 37.1 Å². The van der Waals surface area contributed by atoms with Crippen molar-refractivity contribution in [2.75, 3.05) is 26.2 Å². The van der Waals surface area contributed by atoms with Crippen molar-refractivity contribution in [3.05, 3.63) is 65.0 Å². The van der Waals surface area contributed by atoms with Crippen LogP contribution in [0, 0.1) is 19.8 Å². The second kappa shape index (κ2) is 11.1. The summed E-state index contributed by atoms with van der Waals surface area (Å²) in [5.41, 5.74) is 4.67. The summed E-state index contributed by atoms with van der Waals surface area (Å²) in [5.74, 6) is 0.802. The van der Waals surface area contributed by atoms with Crippen LogP contribution in [0.25, 0.3) is 0 Å². The smallest absolute Gasteiger partial charge is 0.241 e. The van der Waals surface area contributed by atoms with Crippen LogP contribution in [-0.2, 0) is 11.2 Å². The van der Waals surface area contributed by atoms with Crippen molar-refractivity contribution in [2.24, 2.45) is 5.92 Å². The van der Waals surface area contributed by atoms with Crippen molar-refractivity contribution in [1.82, 2.24) is 20.9 Å². The summed E-state index contributed by atoms with van der Waals surface area (Å²) in [4.78, 5) is 17.1. The number of benzene rings is 1. The maximum absolute atomic E-state index is 13.1. The van der Waals surface area contributed by atoms with Crippen LogP contribution in [0.3, 0.4) is 0 Å². The minimum absolute atomic E-state index is 0.0538. The molecular formula is C24H34N4O. The number of piperidine rings is 1. The summed E-state index contributed by atoms with van der Waals surface area (Å²) in [6.45, 7) is 7.92. The predicted molar refractivity (Wildman–Crippen MR) is 118 cm³/mol. The van der Waals surface area contributed by atoms with Gasteiger partial charge in [-0.1, -0.05) is 18.2 Å². The molecule has 1 aliphatic heterocycles. The number of aryl methyl sites for hydroxylation is 1. The maximum atomic E-state index is 13.1. The number of hydrogen-bond donors (Lipinski definition) is 3. The SMILES string of the molecule is Cc1cccc(C(NCCC2CCNCC2)C(=O)NCCc2ccncc2)c1C. The molecule has 1 unspecified atom stereocenters. The molecule has 5 heteroatoms. The number of rotatable bonds is 9. The molecule has 0 spiro atoms. The number of hydrogen-bond acceptors (Lipinski definition) is 4. The number of amides is 1. The van der Waals surface area contributed by atoms with Gasteiger partial charge in [-0.2, -0.15) is 0 Å². The van der Waals surface area contributed by atoms with E-state index in [9.17, 15) is 4.79 Å². The molecule has 1 atom stereocenters. The van der Waals surface area contributed by atoms with Gasteiger partial charge in [-0.15, -0.1) is 0 Å². The van der Waals surface area contributed by atoms with Gasteiger partial charge in [0.25, 0.3) is 0 Å². The Kier molecular flexibility index (Phi) is 8.20. The van der Waals surface area contributed by atoms with E-state index in [2.05, 4.69) is 46.9 Å². The third-order valence-electron chi connectivity index (χ3n) is 6.04. The first-order chi connectivity index (χ1) is 14.1. The first-order valence-corrected chi connectivity index (χ1v) is 10.8. The van der Waals surface area contributed by atoms with Gasteiger partial charge in [-0.05, 0) is 99.5 Å². The molecule has 3 N–H and O–H groups in total. The molecule has 1 fully saturated rings. The summed E-state index contributed by atoms with van der Waals surface area (Å²) in [5, 5.41) is 10.1. The Balaban J connectivity index is 1.61. The van der Waals surface area contributed by atoms with Gasteiger partial charge < -0.3 is 16.0 Å². The second-order valence-corrected chi connectivity index (χ2v) is 8.05. The Bertz CT molecular complexity index is 772. The zero-order valence-electron chi connectivity index (χ0n) is 17.7. The highest BCUT2D eigenvalue weighted by atomic mass is 16.2. The number of carbonyl (C=O) groups is 1. The second-order valence-electron chi connectivity index (χ2n) is 8.05. The molecule has 0 saturated carbocycles. The van der Waals surface area contributed by atoms with E-state index in [4.69, 9.17) is 0 Å². The van der Waals surface area contributed by atoms with Crippen LogP contribution in [0.5, 0.6) is 0 Å². The Labute approximate surface area is 174 Å². The van der Waals surface area contributed by atoms with Gasteiger partial charge in [0.1, 0.15) is 6.04 Å². The van der Waals surface area contributed by atoms with Crippen LogP contribution in [0.4, 0.5) is 0 Å². The van der Waals surface area contributed by atoms with E-state index in [-0.39, 0.29) is 11.9 Å². The van der Waals surface area contributed by atoms with Crippen LogP contribution >= 0.6 is 0 Å². The first kappa shape index (κ1) is 21.5. The molecule has 1 aromatic carbocycles. The van der Waals surface area contributed by atoms with Gasteiger partial charge >= 0.3 is 0 Å². The van der Waals surface area contributed by atoms with E-state index < -0.39 is 0 Å². The number of aromatic nitrogens is 1. The lowest BCUT2D eigenvalue weighted by atomic mass is 9.93. The molecule has 0 bridgehead atoms. The van der Waals surface area contributed by atoms with Crippen molar-refractivity contribution in [3.63, 3.8) is 0 Å². The fourth-order valence-electron chi connectivity index (χ4n) is 4.01. The fourth-order valence-corrected chi connectivity index (χ4v) is 4.01. The molecule has 5 nitrogen and oxygen atoms in total. The van der Waals surface area contributed by atoms with E-state index in [1.165, 1.54) is 29.5 Å². The lowest BCUT2D eigenvalue weighted by molar-refractivity contribution is -0.123. The predicted octanol–water partition coefficient (Wildman–Crippen LogP) is 3.08.